The number of hydrogen-bond acceptors (Lipinski definition) is 4. The fourth-order valence-electron chi connectivity index (χ4n) is 3.32. The number of aromatic hydroxyl groups is 2. The Morgan fingerprint density at radius 3 is 2.76 bits per heavy atom. The molecule has 1 unspecified atom stereocenters. The second-order valence-corrected chi connectivity index (χ2v) is 7.20. The number of carbonyl (C=O) groups is 2. The highest BCUT2D eigenvalue weighted by atomic mass is 16.3. The Balaban J connectivity index is 1.88. The normalized spacial score (nSPS) is 18.3. The molecule has 0 spiro atoms. The Labute approximate surface area is 148 Å². The number of likely N-dealkylation sites (tertiary alicyclic amines) is 1. The van der Waals surface area contributed by atoms with Crippen molar-refractivity contribution in [2.24, 2.45) is 11.8 Å². The quantitative estimate of drug-likeness (QED) is 0.714. The van der Waals surface area contributed by atoms with Crippen LogP contribution in [0.25, 0.3) is 0 Å². The third-order valence-corrected chi connectivity index (χ3v) is 4.52. The molecule has 1 aromatic rings. The summed E-state index contributed by atoms with van der Waals surface area (Å²) in [5, 5.41) is 21.6. The molecular formula is C19H28N2O4. The molecule has 1 aromatic carbocycles. The molecule has 1 aliphatic heterocycles. The molecule has 3 amide bonds. The van der Waals surface area contributed by atoms with Crippen LogP contribution in [0.3, 0.4) is 0 Å². The fourth-order valence-corrected chi connectivity index (χ4v) is 3.32. The molecule has 6 heteroatoms. The Bertz CT molecular complexity index is 615. The number of phenolic OH excluding ortho intramolecular Hbond substituents is 2. The fraction of sp³-hybridized carbons (Fsp3) is 0.579. The predicted molar refractivity (Wildman–Crippen MR) is 95.4 cm³/mol. The predicted octanol–water partition coefficient (Wildman–Crippen LogP) is 3.02. The van der Waals surface area contributed by atoms with Gasteiger partial charge in [0.05, 0.1) is 0 Å². The maximum Gasteiger partial charge on any atom is 0.324 e. The van der Waals surface area contributed by atoms with E-state index in [-0.39, 0.29) is 23.4 Å². The van der Waals surface area contributed by atoms with E-state index in [4.69, 9.17) is 0 Å². The van der Waals surface area contributed by atoms with Crippen LogP contribution in [0.15, 0.2) is 18.2 Å². The number of carbonyl (C=O) groups excluding carboxylic acids is 2. The van der Waals surface area contributed by atoms with Crippen molar-refractivity contribution >= 4 is 11.9 Å². The molecule has 0 radical (unpaired) electrons. The first-order valence-corrected chi connectivity index (χ1v) is 8.96. The second kappa shape index (κ2) is 8.74. The highest BCUT2D eigenvalue weighted by molar-refractivity contribution is 5.94. The van der Waals surface area contributed by atoms with Crippen molar-refractivity contribution < 1.29 is 19.8 Å². The average molecular weight is 348 g/mol. The van der Waals surface area contributed by atoms with E-state index < -0.39 is 0 Å². The first kappa shape index (κ1) is 19.1. The molecule has 2 rings (SSSR count). The number of rotatable bonds is 5. The molecule has 0 aliphatic carbocycles. The van der Waals surface area contributed by atoms with Gasteiger partial charge in [0, 0.05) is 19.5 Å². The van der Waals surface area contributed by atoms with Crippen LogP contribution in [-0.4, -0.2) is 40.1 Å². The summed E-state index contributed by atoms with van der Waals surface area (Å²) in [5.74, 6) is 0.463. The zero-order valence-electron chi connectivity index (χ0n) is 15.0. The first-order chi connectivity index (χ1) is 11.9. The summed E-state index contributed by atoms with van der Waals surface area (Å²) in [5.41, 5.74) is 0.801. The van der Waals surface area contributed by atoms with Crippen LogP contribution >= 0.6 is 0 Å². The monoisotopic (exact) mass is 348 g/mol. The summed E-state index contributed by atoms with van der Waals surface area (Å²) in [7, 11) is 0. The van der Waals surface area contributed by atoms with Crippen molar-refractivity contribution in [3.05, 3.63) is 23.8 Å². The lowest BCUT2D eigenvalue weighted by Gasteiger charge is -2.24. The standard InChI is InChI=1S/C19H28N2O4/c1-13(2)10-15-4-3-5-18(24)21(12-15)19(25)20-9-8-14-6-7-16(22)17(23)11-14/h6-7,11,13,15,22-23H,3-5,8-10,12H2,1-2H3,(H,20,25). The molecule has 1 fully saturated rings. The summed E-state index contributed by atoms with van der Waals surface area (Å²) in [6, 6.07) is 4.24. The Morgan fingerprint density at radius 2 is 2.08 bits per heavy atom. The van der Waals surface area contributed by atoms with Crippen LogP contribution in [0.5, 0.6) is 11.5 Å². The van der Waals surface area contributed by atoms with E-state index in [1.807, 2.05) is 0 Å². The number of amides is 3. The molecule has 0 aromatic heterocycles. The Morgan fingerprint density at radius 1 is 1.32 bits per heavy atom. The molecule has 3 N–H and O–H groups in total. The maximum atomic E-state index is 12.4. The first-order valence-electron chi connectivity index (χ1n) is 8.96. The Hall–Kier alpha value is -2.24. The van der Waals surface area contributed by atoms with Gasteiger partial charge in [-0.1, -0.05) is 19.9 Å². The van der Waals surface area contributed by atoms with Gasteiger partial charge in [-0.15, -0.1) is 0 Å². The van der Waals surface area contributed by atoms with E-state index in [2.05, 4.69) is 19.2 Å². The van der Waals surface area contributed by atoms with E-state index in [9.17, 15) is 19.8 Å². The van der Waals surface area contributed by atoms with Gasteiger partial charge in [-0.05, 0) is 55.2 Å². The minimum atomic E-state index is -0.344. The number of nitrogens with zero attached hydrogens (tertiary/aromatic N) is 1. The summed E-state index contributed by atoms with van der Waals surface area (Å²) < 4.78 is 0. The topological polar surface area (TPSA) is 89.9 Å². The van der Waals surface area contributed by atoms with E-state index in [1.165, 1.54) is 17.0 Å². The van der Waals surface area contributed by atoms with E-state index in [0.717, 1.165) is 24.8 Å². The summed E-state index contributed by atoms with van der Waals surface area (Å²) in [4.78, 5) is 26.0. The van der Waals surface area contributed by atoms with Crippen molar-refractivity contribution in [1.82, 2.24) is 10.2 Å². The number of nitrogens with one attached hydrogen (secondary N) is 1. The van der Waals surface area contributed by atoms with E-state index in [0.29, 0.717) is 37.8 Å². The number of benzene rings is 1. The van der Waals surface area contributed by atoms with Gasteiger partial charge in [-0.3, -0.25) is 9.69 Å². The van der Waals surface area contributed by atoms with Gasteiger partial charge in [0.1, 0.15) is 0 Å². The number of imide groups is 1. The largest absolute Gasteiger partial charge is 0.504 e. The molecule has 1 atom stereocenters. The smallest absolute Gasteiger partial charge is 0.324 e. The summed E-state index contributed by atoms with van der Waals surface area (Å²) in [6.45, 7) is 5.17. The van der Waals surface area contributed by atoms with Gasteiger partial charge in [0.25, 0.3) is 0 Å². The van der Waals surface area contributed by atoms with Crippen LogP contribution < -0.4 is 5.32 Å². The summed E-state index contributed by atoms with van der Waals surface area (Å²) in [6.07, 6.45) is 3.78. The molecule has 1 saturated heterocycles. The second-order valence-electron chi connectivity index (χ2n) is 7.20. The van der Waals surface area contributed by atoms with Crippen molar-refractivity contribution in [3.8, 4) is 11.5 Å². The minimum Gasteiger partial charge on any atom is -0.504 e. The third-order valence-electron chi connectivity index (χ3n) is 4.52. The maximum absolute atomic E-state index is 12.4. The van der Waals surface area contributed by atoms with Gasteiger partial charge in [0.15, 0.2) is 11.5 Å². The lowest BCUT2D eigenvalue weighted by atomic mass is 9.93. The molecule has 138 valence electrons. The van der Waals surface area contributed by atoms with E-state index >= 15 is 0 Å². The molecule has 0 saturated carbocycles. The minimum absolute atomic E-state index is 0.106. The van der Waals surface area contributed by atoms with Crippen molar-refractivity contribution in [2.75, 3.05) is 13.1 Å². The zero-order chi connectivity index (χ0) is 18.4. The highest BCUT2D eigenvalue weighted by Crippen LogP contribution is 2.25. The molecule has 1 aliphatic rings. The molecule has 0 bridgehead atoms. The van der Waals surface area contributed by atoms with E-state index in [1.54, 1.807) is 6.07 Å². The van der Waals surface area contributed by atoms with Crippen LogP contribution in [0, 0.1) is 11.8 Å². The molecule has 1 heterocycles. The molecular weight excluding hydrogens is 320 g/mol. The lowest BCUT2D eigenvalue weighted by molar-refractivity contribution is -0.128. The van der Waals surface area contributed by atoms with Crippen LogP contribution in [-0.2, 0) is 11.2 Å². The van der Waals surface area contributed by atoms with Gasteiger partial charge in [0.2, 0.25) is 5.91 Å². The van der Waals surface area contributed by atoms with Crippen molar-refractivity contribution in [3.63, 3.8) is 0 Å². The number of hydrogen-bond donors (Lipinski definition) is 3. The van der Waals surface area contributed by atoms with Crippen LogP contribution in [0.4, 0.5) is 4.79 Å². The number of phenols is 2. The highest BCUT2D eigenvalue weighted by Gasteiger charge is 2.28. The van der Waals surface area contributed by atoms with Gasteiger partial charge in [-0.2, -0.15) is 0 Å². The van der Waals surface area contributed by atoms with Crippen LogP contribution in [0.1, 0.15) is 45.1 Å². The average Bonchev–Trinajstić information content (AvgIpc) is 2.72. The lowest BCUT2D eigenvalue weighted by Crippen LogP contribution is -2.45. The SMILES string of the molecule is CC(C)CC1CCCC(=O)N(C(=O)NCCc2ccc(O)c(O)c2)C1. The summed E-state index contributed by atoms with van der Waals surface area (Å²) >= 11 is 0. The van der Waals surface area contributed by atoms with Crippen molar-refractivity contribution in [1.29, 1.82) is 0 Å². The van der Waals surface area contributed by atoms with Crippen molar-refractivity contribution in [2.45, 2.75) is 46.0 Å². The molecule has 6 nitrogen and oxygen atoms in total. The number of urea groups is 1. The van der Waals surface area contributed by atoms with Gasteiger partial charge < -0.3 is 15.5 Å². The Kier molecular flexibility index (Phi) is 6.67. The van der Waals surface area contributed by atoms with Gasteiger partial charge in [-0.25, -0.2) is 4.79 Å². The van der Waals surface area contributed by atoms with Crippen LogP contribution in [0.2, 0.25) is 0 Å². The molecule has 25 heavy (non-hydrogen) atoms. The zero-order valence-corrected chi connectivity index (χ0v) is 15.0. The third kappa shape index (κ3) is 5.66. The van der Waals surface area contributed by atoms with Gasteiger partial charge >= 0.3 is 6.03 Å².